The highest BCUT2D eigenvalue weighted by Gasteiger charge is 2.16. The quantitative estimate of drug-likeness (QED) is 0.809. The fourth-order valence-electron chi connectivity index (χ4n) is 2.04. The molecule has 0 spiro atoms. The van der Waals surface area contributed by atoms with Gasteiger partial charge in [-0.25, -0.2) is 4.98 Å². The Balaban J connectivity index is 1.94. The van der Waals surface area contributed by atoms with Gasteiger partial charge in [0.25, 0.3) is 0 Å². The standard InChI is InChI=1S/C12H19N3/c1-10-3-4-12(14-7-10)15(2)9-11-5-6-13-8-11/h3-4,7,11,13H,5-6,8-9H2,1-2H3. The lowest BCUT2D eigenvalue weighted by atomic mass is 10.1. The van der Waals surface area contributed by atoms with Gasteiger partial charge in [-0.3, -0.25) is 0 Å². The van der Waals surface area contributed by atoms with Crippen molar-refractivity contribution in [3.05, 3.63) is 23.9 Å². The predicted octanol–water partition coefficient (Wildman–Crippen LogP) is 1.44. The van der Waals surface area contributed by atoms with Gasteiger partial charge >= 0.3 is 0 Å². The Bertz CT molecular complexity index is 301. The van der Waals surface area contributed by atoms with E-state index >= 15 is 0 Å². The smallest absolute Gasteiger partial charge is 0.128 e. The van der Waals surface area contributed by atoms with E-state index in [1.54, 1.807) is 0 Å². The maximum Gasteiger partial charge on any atom is 0.128 e. The van der Waals surface area contributed by atoms with E-state index in [9.17, 15) is 0 Å². The summed E-state index contributed by atoms with van der Waals surface area (Å²) in [5, 5.41) is 3.39. The third-order valence-corrected chi connectivity index (χ3v) is 2.98. The molecular formula is C12H19N3. The van der Waals surface area contributed by atoms with Gasteiger partial charge < -0.3 is 10.2 Å². The zero-order valence-corrected chi connectivity index (χ0v) is 9.53. The molecule has 15 heavy (non-hydrogen) atoms. The molecule has 1 aliphatic rings. The fraction of sp³-hybridized carbons (Fsp3) is 0.583. The van der Waals surface area contributed by atoms with Crippen LogP contribution in [0.4, 0.5) is 5.82 Å². The van der Waals surface area contributed by atoms with Crippen molar-refractivity contribution in [2.45, 2.75) is 13.3 Å². The molecule has 82 valence electrons. The van der Waals surface area contributed by atoms with Crippen LogP contribution in [0.15, 0.2) is 18.3 Å². The summed E-state index contributed by atoms with van der Waals surface area (Å²) in [6, 6.07) is 4.21. The summed E-state index contributed by atoms with van der Waals surface area (Å²) < 4.78 is 0. The Morgan fingerprint density at radius 3 is 3.00 bits per heavy atom. The van der Waals surface area contributed by atoms with Crippen molar-refractivity contribution in [1.29, 1.82) is 0 Å². The minimum absolute atomic E-state index is 0.776. The van der Waals surface area contributed by atoms with Crippen LogP contribution in [0.2, 0.25) is 0 Å². The molecule has 0 aromatic carbocycles. The summed E-state index contributed by atoms with van der Waals surface area (Å²) in [4.78, 5) is 6.67. The van der Waals surface area contributed by atoms with Crippen molar-refractivity contribution in [2.75, 3.05) is 31.6 Å². The minimum atomic E-state index is 0.776. The number of aromatic nitrogens is 1. The molecule has 1 aliphatic heterocycles. The molecule has 1 fully saturated rings. The van der Waals surface area contributed by atoms with Gasteiger partial charge in [-0.15, -0.1) is 0 Å². The van der Waals surface area contributed by atoms with Crippen LogP contribution < -0.4 is 10.2 Å². The number of rotatable bonds is 3. The van der Waals surface area contributed by atoms with Crippen LogP contribution in [0.25, 0.3) is 0 Å². The zero-order valence-electron chi connectivity index (χ0n) is 9.53. The highest BCUT2D eigenvalue weighted by molar-refractivity contribution is 5.38. The Hall–Kier alpha value is -1.09. The van der Waals surface area contributed by atoms with E-state index in [0.717, 1.165) is 24.8 Å². The molecule has 3 nitrogen and oxygen atoms in total. The third kappa shape index (κ3) is 2.69. The Morgan fingerprint density at radius 1 is 1.53 bits per heavy atom. The highest BCUT2D eigenvalue weighted by Crippen LogP contribution is 2.14. The molecule has 1 aromatic heterocycles. The van der Waals surface area contributed by atoms with Gasteiger partial charge in [0.2, 0.25) is 0 Å². The van der Waals surface area contributed by atoms with Crippen molar-refractivity contribution in [1.82, 2.24) is 10.3 Å². The molecule has 1 N–H and O–H groups in total. The maximum absolute atomic E-state index is 4.43. The Kier molecular flexibility index (Phi) is 3.21. The largest absolute Gasteiger partial charge is 0.359 e. The first-order valence-corrected chi connectivity index (χ1v) is 5.60. The van der Waals surface area contributed by atoms with Crippen molar-refractivity contribution in [2.24, 2.45) is 5.92 Å². The van der Waals surface area contributed by atoms with Gasteiger partial charge in [0.05, 0.1) is 0 Å². The van der Waals surface area contributed by atoms with Crippen LogP contribution in [0.5, 0.6) is 0 Å². The summed E-state index contributed by atoms with van der Waals surface area (Å²) in [5.41, 5.74) is 1.22. The molecule has 1 unspecified atom stereocenters. The Morgan fingerprint density at radius 2 is 2.40 bits per heavy atom. The summed E-state index contributed by atoms with van der Waals surface area (Å²) in [6.07, 6.45) is 3.22. The number of hydrogen-bond acceptors (Lipinski definition) is 3. The zero-order chi connectivity index (χ0) is 10.7. The molecule has 0 amide bonds. The number of anilines is 1. The van der Waals surface area contributed by atoms with E-state index in [1.165, 1.54) is 18.5 Å². The molecule has 1 aromatic rings. The minimum Gasteiger partial charge on any atom is -0.359 e. The van der Waals surface area contributed by atoms with Crippen LogP contribution in [-0.2, 0) is 0 Å². The first-order valence-electron chi connectivity index (χ1n) is 5.60. The second-order valence-corrected chi connectivity index (χ2v) is 4.43. The van der Waals surface area contributed by atoms with E-state index in [4.69, 9.17) is 0 Å². The first kappa shape index (κ1) is 10.4. The summed E-state index contributed by atoms with van der Waals surface area (Å²) in [5.74, 6) is 1.85. The van der Waals surface area contributed by atoms with E-state index < -0.39 is 0 Å². The number of nitrogens with zero attached hydrogens (tertiary/aromatic N) is 2. The third-order valence-electron chi connectivity index (χ3n) is 2.98. The van der Waals surface area contributed by atoms with Crippen LogP contribution in [0.3, 0.4) is 0 Å². The van der Waals surface area contributed by atoms with Gasteiger partial charge in [0.1, 0.15) is 5.82 Å². The van der Waals surface area contributed by atoms with Crippen molar-refractivity contribution >= 4 is 5.82 Å². The normalized spacial score (nSPS) is 20.5. The topological polar surface area (TPSA) is 28.2 Å². The summed E-state index contributed by atoms with van der Waals surface area (Å²) in [7, 11) is 2.12. The van der Waals surface area contributed by atoms with Crippen LogP contribution in [0.1, 0.15) is 12.0 Å². The molecule has 0 bridgehead atoms. The molecule has 2 heterocycles. The van der Waals surface area contributed by atoms with E-state index in [1.807, 2.05) is 6.20 Å². The molecule has 1 atom stereocenters. The van der Waals surface area contributed by atoms with Gasteiger partial charge in [0.15, 0.2) is 0 Å². The number of hydrogen-bond donors (Lipinski definition) is 1. The number of pyridine rings is 1. The highest BCUT2D eigenvalue weighted by atomic mass is 15.2. The van der Waals surface area contributed by atoms with Gasteiger partial charge in [-0.2, -0.15) is 0 Å². The fourth-order valence-corrected chi connectivity index (χ4v) is 2.04. The van der Waals surface area contributed by atoms with Crippen LogP contribution in [-0.4, -0.2) is 31.7 Å². The van der Waals surface area contributed by atoms with E-state index in [-0.39, 0.29) is 0 Å². The molecule has 0 aliphatic carbocycles. The average Bonchev–Trinajstić information content (AvgIpc) is 2.71. The average molecular weight is 205 g/mol. The molecule has 2 rings (SSSR count). The lowest BCUT2D eigenvalue weighted by molar-refractivity contribution is 0.576. The Labute approximate surface area is 91.5 Å². The lowest BCUT2D eigenvalue weighted by Crippen LogP contribution is -2.27. The van der Waals surface area contributed by atoms with E-state index in [0.29, 0.717) is 0 Å². The second-order valence-electron chi connectivity index (χ2n) is 4.43. The maximum atomic E-state index is 4.43. The van der Waals surface area contributed by atoms with Crippen LogP contribution >= 0.6 is 0 Å². The van der Waals surface area contributed by atoms with Crippen molar-refractivity contribution in [3.63, 3.8) is 0 Å². The summed E-state index contributed by atoms with van der Waals surface area (Å²) in [6.45, 7) is 5.48. The second kappa shape index (κ2) is 4.62. The monoisotopic (exact) mass is 205 g/mol. The predicted molar refractivity (Wildman–Crippen MR) is 63.2 cm³/mol. The lowest BCUT2D eigenvalue weighted by Gasteiger charge is -2.21. The number of aryl methyl sites for hydroxylation is 1. The van der Waals surface area contributed by atoms with Crippen LogP contribution in [0, 0.1) is 12.8 Å². The molecule has 0 saturated carbocycles. The molecule has 0 radical (unpaired) electrons. The first-order chi connectivity index (χ1) is 7.25. The van der Waals surface area contributed by atoms with Crippen molar-refractivity contribution < 1.29 is 0 Å². The number of nitrogens with one attached hydrogen (secondary N) is 1. The molecule has 1 saturated heterocycles. The molecule has 3 heteroatoms. The van der Waals surface area contributed by atoms with Gasteiger partial charge in [-0.1, -0.05) is 6.07 Å². The van der Waals surface area contributed by atoms with E-state index in [2.05, 4.69) is 41.3 Å². The van der Waals surface area contributed by atoms with Gasteiger partial charge in [-0.05, 0) is 44.0 Å². The van der Waals surface area contributed by atoms with Gasteiger partial charge in [0, 0.05) is 19.8 Å². The van der Waals surface area contributed by atoms with Crippen molar-refractivity contribution in [3.8, 4) is 0 Å². The molecular weight excluding hydrogens is 186 g/mol. The SMILES string of the molecule is Cc1ccc(N(C)CC2CCNC2)nc1. The summed E-state index contributed by atoms with van der Waals surface area (Å²) >= 11 is 0.